The van der Waals surface area contributed by atoms with Crippen LogP contribution in [0.2, 0.25) is 0 Å². The van der Waals surface area contributed by atoms with Gasteiger partial charge in [0.05, 0.1) is 11.0 Å². The van der Waals surface area contributed by atoms with Crippen LogP contribution in [-0.2, 0) is 4.79 Å². The maximum atomic E-state index is 13.0. The second-order valence-electron chi connectivity index (χ2n) is 6.12. The predicted molar refractivity (Wildman–Crippen MR) is 102 cm³/mol. The first-order valence-electron chi connectivity index (χ1n) is 8.81. The third kappa shape index (κ3) is 4.67. The maximum Gasteiger partial charge on any atom is 0.269 e. The van der Waals surface area contributed by atoms with E-state index in [4.69, 9.17) is 0 Å². The van der Waals surface area contributed by atoms with Crippen molar-refractivity contribution in [2.45, 2.75) is 32.9 Å². The first-order chi connectivity index (χ1) is 12.5. The number of non-ortho nitro benzene ring substituents is 1. The summed E-state index contributed by atoms with van der Waals surface area (Å²) in [6.45, 7) is 7.37. The van der Waals surface area contributed by atoms with Gasteiger partial charge in [-0.25, -0.2) is 0 Å². The zero-order valence-electron chi connectivity index (χ0n) is 15.4. The Hall–Kier alpha value is -2.73. The molecule has 0 bridgehead atoms. The van der Waals surface area contributed by atoms with Crippen molar-refractivity contribution in [3.05, 3.63) is 75.8 Å². The van der Waals surface area contributed by atoms with Crippen LogP contribution >= 0.6 is 0 Å². The molecule has 26 heavy (non-hydrogen) atoms. The maximum absolute atomic E-state index is 13.0. The Morgan fingerprint density at radius 3 is 2.27 bits per heavy atom. The molecule has 0 aliphatic heterocycles. The molecule has 138 valence electrons. The fourth-order valence-electron chi connectivity index (χ4n) is 3.04. The number of hydrogen-bond acceptors (Lipinski definition) is 4. The minimum Gasteiger partial charge on any atom is -0.348 e. The van der Waals surface area contributed by atoms with E-state index >= 15 is 0 Å². The highest BCUT2D eigenvalue weighted by molar-refractivity contribution is 5.83. The molecule has 2 atom stereocenters. The summed E-state index contributed by atoms with van der Waals surface area (Å²) in [5, 5.41) is 14.0. The zero-order chi connectivity index (χ0) is 19.1. The molecule has 0 aliphatic rings. The number of nitrogens with zero attached hydrogens (tertiary/aromatic N) is 2. The van der Waals surface area contributed by atoms with Crippen LogP contribution < -0.4 is 5.32 Å². The van der Waals surface area contributed by atoms with E-state index in [1.54, 1.807) is 12.1 Å². The average molecular weight is 355 g/mol. The van der Waals surface area contributed by atoms with E-state index in [0.29, 0.717) is 5.56 Å². The Morgan fingerprint density at radius 2 is 1.69 bits per heavy atom. The highest BCUT2D eigenvalue weighted by Gasteiger charge is 2.27. The molecule has 2 unspecified atom stereocenters. The number of hydrogen-bond donors (Lipinski definition) is 1. The van der Waals surface area contributed by atoms with E-state index in [0.717, 1.165) is 18.7 Å². The first-order valence-corrected chi connectivity index (χ1v) is 8.81. The minimum atomic E-state index is -0.430. The van der Waals surface area contributed by atoms with E-state index in [9.17, 15) is 14.9 Å². The van der Waals surface area contributed by atoms with Gasteiger partial charge in [-0.15, -0.1) is 0 Å². The van der Waals surface area contributed by atoms with Crippen LogP contribution in [0, 0.1) is 10.1 Å². The summed E-state index contributed by atoms with van der Waals surface area (Å²) in [6, 6.07) is 15.3. The monoisotopic (exact) mass is 355 g/mol. The predicted octanol–water partition coefficient (Wildman–Crippen LogP) is 3.86. The van der Waals surface area contributed by atoms with Crippen LogP contribution in [0.25, 0.3) is 0 Å². The van der Waals surface area contributed by atoms with Crippen molar-refractivity contribution in [2.75, 3.05) is 13.1 Å². The summed E-state index contributed by atoms with van der Waals surface area (Å²) < 4.78 is 0. The smallest absolute Gasteiger partial charge is 0.269 e. The van der Waals surface area contributed by atoms with Gasteiger partial charge in [-0.2, -0.15) is 0 Å². The summed E-state index contributed by atoms with van der Waals surface area (Å²) in [5.41, 5.74) is 1.66. The Balaban J connectivity index is 2.23. The molecular weight excluding hydrogens is 330 g/mol. The molecule has 0 heterocycles. The number of rotatable bonds is 8. The van der Waals surface area contributed by atoms with Gasteiger partial charge >= 0.3 is 0 Å². The topological polar surface area (TPSA) is 75.5 Å². The van der Waals surface area contributed by atoms with Gasteiger partial charge in [-0.05, 0) is 31.1 Å². The van der Waals surface area contributed by atoms with Crippen LogP contribution in [0.1, 0.15) is 44.0 Å². The van der Waals surface area contributed by atoms with Crippen LogP contribution in [-0.4, -0.2) is 28.8 Å². The van der Waals surface area contributed by atoms with Gasteiger partial charge in [-0.3, -0.25) is 19.8 Å². The number of carbonyl (C=O) groups excluding carboxylic acids is 1. The molecule has 0 spiro atoms. The lowest BCUT2D eigenvalue weighted by atomic mass is 10.0. The van der Waals surface area contributed by atoms with Crippen molar-refractivity contribution in [3.63, 3.8) is 0 Å². The Labute approximate surface area is 154 Å². The largest absolute Gasteiger partial charge is 0.348 e. The molecule has 1 N–H and O–H groups in total. The molecule has 0 aromatic heterocycles. The fourth-order valence-corrected chi connectivity index (χ4v) is 3.04. The van der Waals surface area contributed by atoms with Crippen molar-refractivity contribution >= 4 is 11.6 Å². The number of amides is 1. The highest BCUT2D eigenvalue weighted by atomic mass is 16.6. The van der Waals surface area contributed by atoms with Gasteiger partial charge in [0.1, 0.15) is 6.04 Å². The number of benzene rings is 2. The fraction of sp³-hybridized carbons (Fsp3) is 0.350. The summed E-state index contributed by atoms with van der Waals surface area (Å²) >= 11 is 0. The van der Waals surface area contributed by atoms with Crippen molar-refractivity contribution in [3.8, 4) is 0 Å². The molecule has 0 aliphatic carbocycles. The molecule has 0 saturated heterocycles. The van der Waals surface area contributed by atoms with Gasteiger partial charge in [0.25, 0.3) is 5.69 Å². The molecule has 1 amide bonds. The van der Waals surface area contributed by atoms with Gasteiger partial charge < -0.3 is 5.32 Å². The molecule has 0 saturated carbocycles. The normalized spacial score (nSPS) is 13.2. The lowest BCUT2D eigenvalue weighted by molar-refractivity contribution is -0.384. The molecular formula is C20H25N3O3. The van der Waals surface area contributed by atoms with Crippen LogP contribution in [0.3, 0.4) is 0 Å². The van der Waals surface area contributed by atoms with Crippen molar-refractivity contribution in [1.29, 1.82) is 0 Å². The molecule has 2 aromatic rings. The lowest BCUT2D eigenvalue weighted by Crippen LogP contribution is -2.41. The highest BCUT2D eigenvalue weighted by Crippen LogP contribution is 2.24. The van der Waals surface area contributed by atoms with Gasteiger partial charge in [0, 0.05) is 12.1 Å². The summed E-state index contributed by atoms with van der Waals surface area (Å²) in [5.74, 6) is -0.112. The second-order valence-corrected chi connectivity index (χ2v) is 6.12. The molecule has 0 radical (unpaired) electrons. The summed E-state index contributed by atoms with van der Waals surface area (Å²) in [4.78, 5) is 25.6. The van der Waals surface area contributed by atoms with Crippen LogP contribution in [0.4, 0.5) is 5.69 Å². The van der Waals surface area contributed by atoms with E-state index in [1.165, 1.54) is 12.1 Å². The van der Waals surface area contributed by atoms with Crippen molar-refractivity contribution < 1.29 is 9.72 Å². The quantitative estimate of drug-likeness (QED) is 0.576. The van der Waals surface area contributed by atoms with Crippen molar-refractivity contribution in [1.82, 2.24) is 10.2 Å². The standard InChI is InChI=1S/C20H25N3O3/c1-4-22(5-2)19(16-10-7-6-8-11-16)20(24)21-15(3)17-12-9-13-18(14-17)23(25)26/h6-15,19H,4-5H2,1-3H3,(H,21,24). The SMILES string of the molecule is CCN(CC)C(C(=O)NC(C)c1cccc([N+](=O)[O-])c1)c1ccccc1. The van der Waals surface area contributed by atoms with Gasteiger partial charge in [0.2, 0.25) is 5.91 Å². The molecule has 2 aromatic carbocycles. The van der Waals surface area contributed by atoms with Gasteiger partial charge in [-0.1, -0.05) is 56.3 Å². The Kier molecular flexibility index (Phi) is 6.86. The third-order valence-electron chi connectivity index (χ3n) is 4.48. The van der Waals surface area contributed by atoms with E-state index in [-0.39, 0.29) is 17.6 Å². The van der Waals surface area contributed by atoms with E-state index in [2.05, 4.69) is 10.2 Å². The number of carbonyl (C=O) groups is 1. The van der Waals surface area contributed by atoms with Crippen LogP contribution in [0.15, 0.2) is 54.6 Å². The Bertz CT molecular complexity index is 745. The number of nitrogens with one attached hydrogen (secondary N) is 1. The lowest BCUT2D eigenvalue weighted by Gasteiger charge is -2.30. The van der Waals surface area contributed by atoms with E-state index < -0.39 is 11.0 Å². The number of likely N-dealkylation sites (N-methyl/N-ethyl adjacent to an activating group) is 1. The van der Waals surface area contributed by atoms with Crippen LogP contribution in [0.5, 0.6) is 0 Å². The first kappa shape index (κ1) is 19.6. The number of nitro groups is 1. The minimum absolute atomic E-state index is 0.0203. The Morgan fingerprint density at radius 1 is 1.08 bits per heavy atom. The summed E-state index contributed by atoms with van der Waals surface area (Å²) in [7, 11) is 0. The zero-order valence-corrected chi connectivity index (χ0v) is 15.4. The summed E-state index contributed by atoms with van der Waals surface area (Å²) in [6.07, 6.45) is 0. The molecule has 0 fully saturated rings. The molecule has 2 rings (SSSR count). The third-order valence-corrected chi connectivity index (χ3v) is 4.48. The second kappa shape index (κ2) is 9.10. The number of nitro benzene ring substituents is 1. The average Bonchev–Trinajstić information content (AvgIpc) is 2.66. The molecule has 6 heteroatoms. The molecule has 6 nitrogen and oxygen atoms in total. The van der Waals surface area contributed by atoms with Crippen molar-refractivity contribution in [2.24, 2.45) is 0 Å². The van der Waals surface area contributed by atoms with E-state index in [1.807, 2.05) is 51.1 Å². The van der Waals surface area contributed by atoms with Gasteiger partial charge in [0.15, 0.2) is 0 Å².